The van der Waals surface area contributed by atoms with Crippen molar-refractivity contribution in [2.75, 3.05) is 26.7 Å². The van der Waals surface area contributed by atoms with Gasteiger partial charge in [-0.2, -0.15) is 0 Å². The maximum absolute atomic E-state index is 13.3. The number of amides is 2. The normalized spacial score (nSPS) is 23.0. The lowest BCUT2D eigenvalue weighted by Gasteiger charge is -2.37. The number of unbranched alkanes of at least 4 members (excludes halogenated alkanes) is 2. The summed E-state index contributed by atoms with van der Waals surface area (Å²) in [7, 11) is 1.58. The summed E-state index contributed by atoms with van der Waals surface area (Å²) in [6.45, 7) is 7.70. The second-order valence-electron chi connectivity index (χ2n) is 7.56. The highest BCUT2D eigenvalue weighted by atomic mass is 16.5. The maximum Gasteiger partial charge on any atom is 0.277 e. The quantitative estimate of drug-likeness (QED) is 0.532. The Hall–Kier alpha value is -2.34. The molecule has 6 nitrogen and oxygen atoms in total. The summed E-state index contributed by atoms with van der Waals surface area (Å²) in [6.07, 6.45) is 2.83. The SMILES string of the molecule is CCCCCN1C(=O)C(c2ccccc2OC)=C(N2CC(C)OC(C)C2)C1=O. The summed E-state index contributed by atoms with van der Waals surface area (Å²) < 4.78 is 11.3. The Bertz CT molecular complexity index is 764. The van der Waals surface area contributed by atoms with E-state index in [0.717, 1.165) is 19.3 Å². The number of morpholine rings is 1. The van der Waals surface area contributed by atoms with Crippen LogP contribution in [0.1, 0.15) is 45.6 Å². The van der Waals surface area contributed by atoms with Gasteiger partial charge < -0.3 is 14.4 Å². The van der Waals surface area contributed by atoms with Gasteiger partial charge in [-0.05, 0) is 26.3 Å². The molecule has 2 aliphatic heterocycles. The fraction of sp³-hybridized carbons (Fsp3) is 0.545. The molecule has 2 heterocycles. The van der Waals surface area contributed by atoms with Gasteiger partial charge in [0.25, 0.3) is 11.8 Å². The second kappa shape index (κ2) is 8.78. The zero-order valence-electron chi connectivity index (χ0n) is 17.2. The van der Waals surface area contributed by atoms with E-state index < -0.39 is 0 Å². The Morgan fingerprint density at radius 3 is 2.39 bits per heavy atom. The second-order valence-corrected chi connectivity index (χ2v) is 7.56. The van der Waals surface area contributed by atoms with Crippen LogP contribution in [-0.4, -0.2) is 60.6 Å². The number of ether oxygens (including phenoxy) is 2. The Kier molecular flexibility index (Phi) is 6.39. The van der Waals surface area contributed by atoms with E-state index in [1.807, 2.05) is 43.0 Å². The molecule has 0 radical (unpaired) electrons. The van der Waals surface area contributed by atoms with Crippen LogP contribution in [0.3, 0.4) is 0 Å². The highest BCUT2D eigenvalue weighted by molar-refractivity contribution is 6.36. The first kappa shape index (κ1) is 20.4. The minimum absolute atomic E-state index is 0.00721. The van der Waals surface area contributed by atoms with Gasteiger partial charge in [-0.1, -0.05) is 38.0 Å². The summed E-state index contributed by atoms with van der Waals surface area (Å²) in [5.74, 6) is 0.164. The van der Waals surface area contributed by atoms with Crippen molar-refractivity contribution in [2.24, 2.45) is 0 Å². The molecule has 0 aliphatic carbocycles. The highest BCUT2D eigenvalue weighted by Gasteiger charge is 2.43. The van der Waals surface area contributed by atoms with E-state index in [4.69, 9.17) is 9.47 Å². The predicted molar refractivity (Wildman–Crippen MR) is 108 cm³/mol. The summed E-state index contributed by atoms with van der Waals surface area (Å²) in [5.41, 5.74) is 1.59. The Balaban J connectivity index is 2.05. The third-order valence-corrected chi connectivity index (χ3v) is 5.24. The van der Waals surface area contributed by atoms with Gasteiger partial charge in [-0.15, -0.1) is 0 Å². The van der Waals surface area contributed by atoms with E-state index in [2.05, 4.69) is 6.92 Å². The number of hydrogen-bond donors (Lipinski definition) is 0. The molecule has 2 unspecified atom stereocenters. The van der Waals surface area contributed by atoms with E-state index in [-0.39, 0.29) is 24.0 Å². The van der Waals surface area contributed by atoms with Crippen LogP contribution in [0, 0.1) is 0 Å². The standard InChI is InChI=1S/C22H30N2O4/c1-5-6-9-12-24-21(25)19(17-10-7-8-11-18(17)27-4)20(22(24)26)23-13-15(2)28-16(3)14-23/h7-8,10-11,15-16H,5-6,9,12-14H2,1-4H3. The molecule has 0 saturated carbocycles. The van der Waals surface area contributed by atoms with Crippen molar-refractivity contribution in [3.8, 4) is 5.75 Å². The minimum Gasteiger partial charge on any atom is -0.496 e. The lowest BCUT2D eigenvalue weighted by atomic mass is 10.0. The average molecular weight is 386 g/mol. The van der Waals surface area contributed by atoms with Gasteiger partial charge >= 0.3 is 0 Å². The molecule has 1 aromatic carbocycles. The molecule has 2 amide bonds. The van der Waals surface area contributed by atoms with E-state index in [0.29, 0.717) is 42.2 Å². The molecular weight excluding hydrogens is 356 g/mol. The number of nitrogens with zero attached hydrogens (tertiary/aromatic N) is 2. The van der Waals surface area contributed by atoms with Gasteiger partial charge in [0.15, 0.2) is 0 Å². The van der Waals surface area contributed by atoms with Crippen LogP contribution in [0.25, 0.3) is 5.57 Å². The molecule has 0 bridgehead atoms. The molecule has 3 rings (SSSR count). The smallest absolute Gasteiger partial charge is 0.277 e. The predicted octanol–water partition coefficient (Wildman–Crippen LogP) is 3.07. The monoisotopic (exact) mass is 386 g/mol. The highest BCUT2D eigenvalue weighted by Crippen LogP contribution is 2.37. The van der Waals surface area contributed by atoms with Gasteiger partial charge in [0, 0.05) is 25.2 Å². The molecule has 6 heteroatoms. The first-order chi connectivity index (χ1) is 13.5. The first-order valence-electron chi connectivity index (χ1n) is 10.1. The number of imide groups is 1. The van der Waals surface area contributed by atoms with Gasteiger partial charge in [-0.25, -0.2) is 0 Å². The van der Waals surface area contributed by atoms with Crippen LogP contribution in [0.5, 0.6) is 5.75 Å². The van der Waals surface area contributed by atoms with Crippen molar-refractivity contribution in [1.82, 2.24) is 9.80 Å². The molecule has 1 fully saturated rings. The molecule has 1 aromatic rings. The van der Waals surface area contributed by atoms with Crippen LogP contribution in [0.4, 0.5) is 0 Å². The molecule has 1 saturated heterocycles. The molecule has 2 aliphatic rings. The van der Waals surface area contributed by atoms with Gasteiger partial charge in [0.05, 0.1) is 24.9 Å². The van der Waals surface area contributed by atoms with Crippen LogP contribution >= 0.6 is 0 Å². The molecule has 0 spiro atoms. The third kappa shape index (κ3) is 3.92. The number of benzene rings is 1. The summed E-state index contributed by atoms with van der Waals surface area (Å²) >= 11 is 0. The lowest BCUT2D eigenvalue weighted by molar-refractivity contribution is -0.138. The van der Waals surface area contributed by atoms with Crippen molar-refractivity contribution in [3.05, 3.63) is 35.5 Å². The van der Waals surface area contributed by atoms with Crippen LogP contribution in [0.15, 0.2) is 30.0 Å². The van der Waals surface area contributed by atoms with Crippen molar-refractivity contribution in [2.45, 2.75) is 52.2 Å². The topological polar surface area (TPSA) is 59.1 Å². The summed E-state index contributed by atoms with van der Waals surface area (Å²) in [6, 6.07) is 7.40. The Morgan fingerprint density at radius 1 is 1.07 bits per heavy atom. The zero-order chi connectivity index (χ0) is 20.3. The lowest BCUT2D eigenvalue weighted by Crippen LogP contribution is -2.47. The summed E-state index contributed by atoms with van der Waals surface area (Å²) in [5, 5.41) is 0. The van der Waals surface area contributed by atoms with Gasteiger partial charge in [-0.3, -0.25) is 14.5 Å². The maximum atomic E-state index is 13.3. The Labute approximate surface area is 167 Å². The first-order valence-corrected chi connectivity index (χ1v) is 10.1. The number of carbonyl (C=O) groups excluding carboxylic acids is 2. The summed E-state index contributed by atoms with van der Waals surface area (Å²) in [4.78, 5) is 30.1. The van der Waals surface area contributed by atoms with Crippen LogP contribution in [-0.2, 0) is 14.3 Å². The van der Waals surface area contributed by atoms with Crippen LogP contribution in [0.2, 0.25) is 0 Å². The van der Waals surface area contributed by atoms with Crippen molar-refractivity contribution >= 4 is 17.4 Å². The average Bonchev–Trinajstić information content (AvgIpc) is 2.91. The fourth-order valence-electron chi connectivity index (χ4n) is 4.03. The minimum atomic E-state index is -0.229. The number of rotatable bonds is 7. The fourth-order valence-corrected chi connectivity index (χ4v) is 4.03. The molecule has 0 aromatic heterocycles. The molecule has 0 N–H and O–H groups in total. The van der Waals surface area contributed by atoms with E-state index >= 15 is 0 Å². The number of para-hydroxylation sites is 1. The third-order valence-electron chi connectivity index (χ3n) is 5.24. The number of methoxy groups -OCH3 is 1. The van der Waals surface area contributed by atoms with E-state index in [9.17, 15) is 9.59 Å². The van der Waals surface area contributed by atoms with Crippen molar-refractivity contribution in [3.63, 3.8) is 0 Å². The number of hydrogen-bond acceptors (Lipinski definition) is 5. The zero-order valence-corrected chi connectivity index (χ0v) is 17.2. The number of carbonyl (C=O) groups is 2. The van der Waals surface area contributed by atoms with E-state index in [1.165, 1.54) is 4.90 Å². The van der Waals surface area contributed by atoms with Gasteiger partial charge in [0.1, 0.15) is 11.4 Å². The molecular formula is C22H30N2O4. The van der Waals surface area contributed by atoms with Crippen LogP contribution < -0.4 is 4.74 Å². The molecule has 2 atom stereocenters. The van der Waals surface area contributed by atoms with Crippen molar-refractivity contribution in [1.29, 1.82) is 0 Å². The van der Waals surface area contributed by atoms with Crippen molar-refractivity contribution < 1.29 is 19.1 Å². The van der Waals surface area contributed by atoms with Gasteiger partial charge in [0.2, 0.25) is 0 Å². The Morgan fingerprint density at radius 2 is 1.75 bits per heavy atom. The molecule has 28 heavy (non-hydrogen) atoms. The van der Waals surface area contributed by atoms with E-state index in [1.54, 1.807) is 7.11 Å². The molecule has 152 valence electrons. The largest absolute Gasteiger partial charge is 0.496 e.